The molecule has 4 rings (SSSR count). The highest BCUT2D eigenvalue weighted by molar-refractivity contribution is 7.17. The van der Waals surface area contributed by atoms with Crippen LogP contribution in [0.5, 0.6) is 0 Å². The summed E-state index contributed by atoms with van der Waals surface area (Å²) in [4.78, 5) is 21.0. The van der Waals surface area contributed by atoms with Crippen LogP contribution in [0.1, 0.15) is 15.2 Å². The molecule has 4 aromatic rings. The maximum absolute atomic E-state index is 13.1. The molecule has 0 atom stereocenters. The van der Waals surface area contributed by atoms with Crippen molar-refractivity contribution in [1.29, 1.82) is 0 Å². The Bertz CT molecular complexity index is 1160. The SMILES string of the molecule is Cc1ccc2[nH]ncc2c1NC(=O)c1cnc(Nc2ncc(F)cc2Cl)s1. The molecule has 0 bridgehead atoms. The van der Waals surface area contributed by atoms with Gasteiger partial charge in [-0.05, 0) is 24.6 Å². The van der Waals surface area contributed by atoms with Crippen LogP contribution in [-0.2, 0) is 0 Å². The Kier molecular flexibility index (Phi) is 4.46. The number of halogens is 2. The first-order chi connectivity index (χ1) is 13.0. The number of carbonyl (C=O) groups is 1. The number of rotatable bonds is 4. The highest BCUT2D eigenvalue weighted by atomic mass is 35.5. The van der Waals surface area contributed by atoms with E-state index in [9.17, 15) is 9.18 Å². The normalized spacial score (nSPS) is 10.9. The van der Waals surface area contributed by atoms with Crippen LogP contribution < -0.4 is 10.6 Å². The van der Waals surface area contributed by atoms with E-state index in [1.165, 1.54) is 6.20 Å². The molecule has 0 spiro atoms. The van der Waals surface area contributed by atoms with Crippen molar-refractivity contribution in [2.45, 2.75) is 6.92 Å². The smallest absolute Gasteiger partial charge is 0.267 e. The second-order valence-electron chi connectivity index (χ2n) is 5.68. The second kappa shape index (κ2) is 6.93. The summed E-state index contributed by atoms with van der Waals surface area (Å²) in [7, 11) is 0. The molecule has 0 aliphatic heterocycles. The Hall–Kier alpha value is -3.04. The number of nitrogens with one attached hydrogen (secondary N) is 3. The van der Waals surface area contributed by atoms with Crippen LogP contribution in [0, 0.1) is 12.7 Å². The fourth-order valence-corrected chi connectivity index (χ4v) is 3.42. The summed E-state index contributed by atoms with van der Waals surface area (Å²) < 4.78 is 13.1. The predicted octanol–water partition coefficient (Wildman–Crippen LogP) is 4.51. The van der Waals surface area contributed by atoms with Crippen molar-refractivity contribution in [2.75, 3.05) is 10.6 Å². The number of hydrogen-bond donors (Lipinski definition) is 3. The number of amides is 1. The standard InChI is InChI=1S/C17H12ClFN6OS/c1-8-2-3-12-10(6-22-25-12)14(8)23-16(26)13-7-21-17(27-13)24-15-11(18)4-9(19)5-20-15/h2-7H,1H3,(H,22,25)(H,23,26)(H,20,21,24). The summed E-state index contributed by atoms with van der Waals surface area (Å²) in [6.45, 7) is 1.91. The van der Waals surface area contributed by atoms with Crippen LogP contribution in [-0.4, -0.2) is 26.1 Å². The summed E-state index contributed by atoms with van der Waals surface area (Å²) in [5, 5.41) is 14.0. The van der Waals surface area contributed by atoms with Gasteiger partial charge in [0.25, 0.3) is 5.91 Å². The minimum atomic E-state index is -0.534. The molecule has 0 radical (unpaired) electrons. The van der Waals surface area contributed by atoms with Gasteiger partial charge in [-0.25, -0.2) is 14.4 Å². The van der Waals surface area contributed by atoms with Gasteiger partial charge in [-0.15, -0.1) is 0 Å². The zero-order valence-electron chi connectivity index (χ0n) is 13.9. The van der Waals surface area contributed by atoms with E-state index < -0.39 is 5.82 Å². The molecule has 7 nitrogen and oxygen atoms in total. The summed E-state index contributed by atoms with van der Waals surface area (Å²) in [6.07, 6.45) is 4.16. The zero-order chi connectivity index (χ0) is 19.0. The molecule has 1 aromatic carbocycles. The van der Waals surface area contributed by atoms with Gasteiger partial charge in [-0.2, -0.15) is 5.10 Å². The van der Waals surface area contributed by atoms with Crippen LogP contribution in [0.2, 0.25) is 5.02 Å². The Balaban J connectivity index is 1.55. The molecule has 10 heteroatoms. The quantitative estimate of drug-likeness (QED) is 0.466. The maximum atomic E-state index is 13.1. The number of fused-ring (bicyclic) bond motifs is 1. The minimum absolute atomic E-state index is 0.124. The first kappa shape index (κ1) is 17.4. The highest BCUT2D eigenvalue weighted by Gasteiger charge is 2.15. The molecule has 0 saturated heterocycles. The molecule has 0 fully saturated rings. The van der Waals surface area contributed by atoms with Crippen molar-refractivity contribution in [3.05, 3.63) is 58.1 Å². The summed E-state index contributed by atoms with van der Waals surface area (Å²) in [5.74, 6) is -0.567. The van der Waals surface area contributed by atoms with Gasteiger partial charge < -0.3 is 10.6 Å². The molecular formula is C17H12ClFN6OS. The van der Waals surface area contributed by atoms with E-state index in [-0.39, 0.29) is 16.7 Å². The van der Waals surface area contributed by atoms with Crippen molar-refractivity contribution < 1.29 is 9.18 Å². The number of thiazole rings is 1. The van der Waals surface area contributed by atoms with Crippen LogP contribution in [0.25, 0.3) is 10.9 Å². The lowest BCUT2D eigenvalue weighted by Crippen LogP contribution is -2.11. The zero-order valence-corrected chi connectivity index (χ0v) is 15.5. The number of nitrogens with zero attached hydrogens (tertiary/aromatic N) is 3. The largest absolute Gasteiger partial charge is 0.320 e. The van der Waals surface area contributed by atoms with Crippen LogP contribution in [0.15, 0.2) is 36.8 Å². The van der Waals surface area contributed by atoms with Gasteiger partial charge in [-0.3, -0.25) is 9.89 Å². The molecule has 3 aromatic heterocycles. The Morgan fingerprint density at radius 1 is 1.26 bits per heavy atom. The number of anilines is 3. The van der Waals surface area contributed by atoms with Crippen molar-refractivity contribution in [2.24, 2.45) is 0 Å². The van der Waals surface area contributed by atoms with Crippen LogP contribution in [0.3, 0.4) is 0 Å². The summed E-state index contributed by atoms with van der Waals surface area (Å²) in [5.41, 5.74) is 2.44. The third-order valence-corrected chi connectivity index (χ3v) is 5.03. The number of aromatic nitrogens is 4. The van der Waals surface area contributed by atoms with Gasteiger partial charge in [0.15, 0.2) is 10.9 Å². The number of pyridine rings is 1. The predicted molar refractivity (Wildman–Crippen MR) is 103 cm³/mol. The molecule has 1 amide bonds. The van der Waals surface area contributed by atoms with Gasteiger partial charge in [-0.1, -0.05) is 29.0 Å². The van der Waals surface area contributed by atoms with Crippen molar-refractivity contribution in [3.8, 4) is 0 Å². The van der Waals surface area contributed by atoms with E-state index >= 15 is 0 Å². The molecule has 3 heterocycles. The molecule has 0 aliphatic carbocycles. The van der Waals surface area contributed by atoms with E-state index in [0.717, 1.165) is 40.1 Å². The Morgan fingerprint density at radius 3 is 2.93 bits per heavy atom. The summed E-state index contributed by atoms with van der Waals surface area (Å²) in [6, 6.07) is 4.95. The molecule has 136 valence electrons. The average Bonchev–Trinajstić information content (AvgIpc) is 3.29. The second-order valence-corrected chi connectivity index (χ2v) is 7.12. The summed E-state index contributed by atoms with van der Waals surface area (Å²) >= 11 is 7.07. The minimum Gasteiger partial charge on any atom is -0.320 e. The van der Waals surface area contributed by atoms with Gasteiger partial charge in [0, 0.05) is 5.39 Å². The lowest BCUT2D eigenvalue weighted by atomic mass is 10.1. The maximum Gasteiger partial charge on any atom is 0.267 e. The van der Waals surface area contributed by atoms with E-state index in [2.05, 4.69) is 30.8 Å². The topological polar surface area (TPSA) is 95.6 Å². The third kappa shape index (κ3) is 3.46. The number of benzene rings is 1. The van der Waals surface area contributed by atoms with Crippen molar-refractivity contribution >= 4 is 56.4 Å². The van der Waals surface area contributed by atoms with Gasteiger partial charge in [0.1, 0.15) is 10.7 Å². The van der Waals surface area contributed by atoms with Gasteiger partial charge in [0.2, 0.25) is 0 Å². The monoisotopic (exact) mass is 402 g/mol. The average molecular weight is 403 g/mol. The van der Waals surface area contributed by atoms with E-state index in [1.807, 2.05) is 19.1 Å². The van der Waals surface area contributed by atoms with E-state index in [4.69, 9.17) is 11.6 Å². The fourth-order valence-electron chi connectivity index (χ4n) is 2.51. The van der Waals surface area contributed by atoms with Gasteiger partial charge in [0.05, 0.1) is 34.8 Å². The van der Waals surface area contributed by atoms with Crippen molar-refractivity contribution in [3.63, 3.8) is 0 Å². The molecule has 0 saturated carbocycles. The lowest BCUT2D eigenvalue weighted by molar-refractivity contribution is 0.103. The molecule has 0 unspecified atom stereocenters. The molecule has 27 heavy (non-hydrogen) atoms. The first-order valence-corrected chi connectivity index (χ1v) is 8.98. The molecule has 0 aliphatic rings. The van der Waals surface area contributed by atoms with Gasteiger partial charge >= 0.3 is 0 Å². The number of aromatic amines is 1. The lowest BCUT2D eigenvalue weighted by Gasteiger charge is -2.08. The van der Waals surface area contributed by atoms with E-state index in [1.54, 1.807) is 6.20 Å². The number of carbonyl (C=O) groups excluding carboxylic acids is 1. The third-order valence-electron chi connectivity index (χ3n) is 3.83. The van der Waals surface area contributed by atoms with Crippen LogP contribution >= 0.6 is 22.9 Å². The Morgan fingerprint density at radius 2 is 2.11 bits per heavy atom. The molecular weight excluding hydrogens is 391 g/mol. The fraction of sp³-hybridized carbons (Fsp3) is 0.0588. The van der Waals surface area contributed by atoms with E-state index in [0.29, 0.717) is 15.7 Å². The number of aryl methyl sites for hydroxylation is 1. The first-order valence-electron chi connectivity index (χ1n) is 7.79. The number of H-pyrrole nitrogens is 1. The molecule has 3 N–H and O–H groups in total. The Labute approximate surface area is 161 Å². The van der Waals surface area contributed by atoms with Crippen LogP contribution in [0.4, 0.5) is 21.0 Å². The number of hydrogen-bond acceptors (Lipinski definition) is 6. The highest BCUT2D eigenvalue weighted by Crippen LogP contribution is 2.29. The van der Waals surface area contributed by atoms with Crippen molar-refractivity contribution in [1.82, 2.24) is 20.2 Å².